The number of hydrogen-bond donors (Lipinski definition) is 0. The van der Waals surface area contributed by atoms with Crippen molar-refractivity contribution in [2.75, 3.05) is 20.3 Å². The van der Waals surface area contributed by atoms with Crippen LogP contribution in [0.4, 0.5) is 0 Å². The normalized spacial score (nSPS) is 29.2. The van der Waals surface area contributed by atoms with Crippen molar-refractivity contribution >= 4 is 17.9 Å². The first-order valence-electron chi connectivity index (χ1n) is 16.1. The summed E-state index contributed by atoms with van der Waals surface area (Å²) >= 11 is 0. The maximum atomic E-state index is 13.1. The second-order valence-corrected chi connectivity index (χ2v) is 11.7. The number of benzene rings is 2. The fourth-order valence-electron chi connectivity index (χ4n) is 5.78. The minimum atomic E-state index is -1.48. The lowest BCUT2D eigenvalue weighted by atomic mass is 9.89. The van der Waals surface area contributed by atoms with Crippen LogP contribution in [0.2, 0.25) is 0 Å². The van der Waals surface area contributed by atoms with Gasteiger partial charge in [0.1, 0.15) is 37.1 Å². The van der Waals surface area contributed by atoms with Crippen LogP contribution in [0.25, 0.3) is 10.4 Å². The molecule has 0 aromatic heterocycles. The summed E-state index contributed by atoms with van der Waals surface area (Å²) in [7, 11) is 1.22. The molecule has 2 fully saturated rings. The van der Waals surface area contributed by atoms with Gasteiger partial charge in [-0.25, -0.2) is 4.79 Å². The standard InChI is InChI=1S/C35H43N3O12/c1-6-17-43-34-27(37-38-36)31(46-19-25-15-11-8-12-16-25)30(26(48-34)20-44-22(3)39)50-35-32(47-23(4)40)28(21(2)29(49-35)33(41)42-5)45-18-24-13-9-7-10-14-24/h6-16,21,26-32,34-35H,1,17-20H2,2-5H3/t21-,26?,27-,28+,29?,30+,31?,32?,34-,35-/m0/s1. The van der Waals surface area contributed by atoms with Crippen molar-refractivity contribution in [2.24, 2.45) is 11.0 Å². The average Bonchev–Trinajstić information content (AvgIpc) is 3.11. The summed E-state index contributed by atoms with van der Waals surface area (Å²) in [6.45, 7) is 7.68. The van der Waals surface area contributed by atoms with E-state index in [4.69, 9.17) is 42.6 Å². The lowest BCUT2D eigenvalue weighted by molar-refractivity contribution is -0.344. The topological polar surface area (TPSA) is 183 Å². The van der Waals surface area contributed by atoms with E-state index in [2.05, 4.69) is 16.6 Å². The zero-order valence-corrected chi connectivity index (χ0v) is 28.4. The lowest BCUT2D eigenvalue weighted by Gasteiger charge is -2.48. The maximum Gasteiger partial charge on any atom is 0.335 e. The van der Waals surface area contributed by atoms with Crippen molar-refractivity contribution < 1.29 is 57.0 Å². The summed E-state index contributed by atoms with van der Waals surface area (Å²) in [4.78, 5) is 40.6. The molecule has 2 aliphatic rings. The molecule has 2 heterocycles. The number of methoxy groups -OCH3 is 1. The Kier molecular flexibility index (Phi) is 14.7. The van der Waals surface area contributed by atoms with E-state index in [-0.39, 0.29) is 26.4 Å². The molecule has 15 nitrogen and oxygen atoms in total. The number of rotatable bonds is 16. The predicted molar refractivity (Wildman–Crippen MR) is 175 cm³/mol. The largest absolute Gasteiger partial charge is 0.467 e. The third-order valence-corrected chi connectivity index (χ3v) is 8.09. The van der Waals surface area contributed by atoms with E-state index in [9.17, 15) is 19.9 Å². The molecule has 2 saturated heterocycles. The molecule has 0 amide bonds. The van der Waals surface area contributed by atoms with Crippen LogP contribution in [0, 0.1) is 5.92 Å². The highest BCUT2D eigenvalue weighted by molar-refractivity contribution is 5.75. The number of ether oxygens (including phenoxy) is 9. The van der Waals surface area contributed by atoms with E-state index in [1.54, 1.807) is 6.92 Å². The third kappa shape index (κ3) is 10.3. The molecule has 50 heavy (non-hydrogen) atoms. The van der Waals surface area contributed by atoms with Gasteiger partial charge in [0.15, 0.2) is 24.8 Å². The van der Waals surface area contributed by atoms with Gasteiger partial charge in [-0.2, -0.15) is 0 Å². The third-order valence-electron chi connectivity index (χ3n) is 8.09. The molecule has 2 aromatic rings. The molecule has 0 radical (unpaired) electrons. The Hall–Kier alpha value is -4.34. The van der Waals surface area contributed by atoms with Crippen LogP contribution < -0.4 is 0 Å². The molecule has 0 bridgehead atoms. The van der Waals surface area contributed by atoms with Crippen molar-refractivity contribution in [3.63, 3.8) is 0 Å². The Morgan fingerprint density at radius 3 is 2.02 bits per heavy atom. The van der Waals surface area contributed by atoms with Gasteiger partial charge < -0.3 is 42.6 Å². The average molecular weight is 698 g/mol. The highest BCUT2D eigenvalue weighted by atomic mass is 16.8. The van der Waals surface area contributed by atoms with Gasteiger partial charge in [0.05, 0.1) is 26.9 Å². The summed E-state index contributed by atoms with van der Waals surface area (Å²) < 4.78 is 53.7. The Labute approximate surface area is 290 Å². The molecule has 270 valence electrons. The number of carbonyl (C=O) groups excluding carboxylic acids is 3. The molecule has 0 spiro atoms. The van der Waals surface area contributed by atoms with Crippen LogP contribution in [0.15, 0.2) is 78.4 Å². The van der Waals surface area contributed by atoms with Crippen LogP contribution >= 0.6 is 0 Å². The van der Waals surface area contributed by atoms with Gasteiger partial charge in [-0.3, -0.25) is 9.59 Å². The van der Waals surface area contributed by atoms with Gasteiger partial charge in [0.25, 0.3) is 0 Å². The Morgan fingerprint density at radius 2 is 1.48 bits per heavy atom. The summed E-state index contributed by atoms with van der Waals surface area (Å²) in [5.41, 5.74) is 11.2. The van der Waals surface area contributed by atoms with E-state index in [1.165, 1.54) is 27.0 Å². The van der Waals surface area contributed by atoms with E-state index < -0.39 is 79.1 Å². The van der Waals surface area contributed by atoms with Crippen molar-refractivity contribution in [1.82, 2.24) is 0 Å². The molecule has 0 N–H and O–H groups in total. The molecule has 2 aromatic carbocycles. The summed E-state index contributed by atoms with van der Waals surface area (Å²) in [6, 6.07) is 17.4. The van der Waals surface area contributed by atoms with Crippen LogP contribution in [0.1, 0.15) is 31.9 Å². The molecule has 15 heteroatoms. The summed E-state index contributed by atoms with van der Waals surface area (Å²) in [5.74, 6) is -2.65. The number of nitrogens with zero attached hydrogens (tertiary/aromatic N) is 3. The SMILES string of the molecule is C=CCO[C@H]1OC(COC(C)=O)[C@@H](O[C@@H]2OC(C(=O)OC)[C@@H](C)[C@@H](OCc3ccccc3)C2OC(C)=O)C(OCc2ccccc2)[C@@H]1N=[N+]=[N-]. The van der Waals surface area contributed by atoms with Crippen LogP contribution in [0.5, 0.6) is 0 Å². The molecule has 2 aliphatic heterocycles. The first kappa shape index (κ1) is 38.5. The highest BCUT2D eigenvalue weighted by Crippen LogP contribution is 2.37. The summed E-state index contributed by atoms with van der Waals surface area (Å²) in [5, 5.41) is 3.96. The maximum absolute atomic E-state index is 13.1. The Morgan fingerprint density at radius 1 is 0.860 bits per heavy atom. The molecular formula is C35H43N3O12. The molecule has 4 rings (SSSR count). The quantitative estimate of drug-likeness (QED) is 0.0610. The highest BCUT2D eigenvalue weighted by Gasteiger charge is 2.55. The van der Waals surface area contributed by atoms with Gasteiger partial charge in [-0.05, 0) is 16.7 Å². The minimum Gasteiger partial charge on any atom is -0.467 e. The van der Waals surface area contributed by atoms with Gasteiger partial charge >= 0.3 is 17.9 Å². The second-order valence-electron chi connectivity index (χ2n) is 11.7. The lowest BCUT2D eigenvalue weighted by Crippen LogP contribution is -2.65. The van der Waals surface area contributed by atoms with Gasteiger partial charge in [-0.15, -0.1) is 6.58 Å². The van der Waals surface area contributed by atoms with Crippen LogP contribution in [0.3, 0.4) is 0 Å². The predicted octanol–water partition coefficient (Wildman–Crippen LogP) is 4.18. The second kappa shape index (κ2) is 19.2. The number of esters is 3. The monoisotopic (exact) mass is 697 g/mol. The van der Waals surface area contributed by atoms with Gasteiger partial charge in [-0.1, -0.05) is 78.8 Å². The van der Waals surface area contributed by atoms with Crippen LogP contribution in [-0.4, -0.2) is 93.5 Å². The van der Waals surface area contributed by atoms with E-state index in [0.29, 0.717) is 0 Å². The first-order chi connectivity index (χ1) is 24.2. The van der Waals surface area contributed by atoms with E-state index in [0.717, 1.165) is 11.1 Å². The van der Waals surface area contributed by atoms with E-state index >= 15 is 0 Å². The number of carbonyl (C=O) groups is 3. The molecule has 10 atom stereocenters. The minimum absolute atomic E-state index is 0.0265. The zero-order valence-electron chi connectivity index (χ0n) is 28.4. The molecule has 4 unspecified atom stereocenters. The fraction of sp³-hybridized carbons (Fsp3) is 0.514. The molecule has 0 aliphatic carbocycles. The van der Waals surface area contributed by atoms with Crippen molar-refractivity contribution in [3.05, 3.63) is 94.9 Å². The van der Waals surface area contributed by atoms with Gasteiger partial charge in [0, 0.05) is 24.7 Å². The summed E-state index contributed by atoms with van der Waals surface area (Å²) in [6.07, 6.45) is -7.96. The van der Waals surface area contributed by atoms with Crippen molar-refractivity contribution in [1.29, 1.82) is 0 Å². The van der Waals surface area contributed by atoms with Gasteiger partial charge in [0.2, 0.25) is 0 Å². The molecule has 0 saturated carbocycles. The molecular weight excluding hydrogens is 654 g/mol. The van der Waals surface area contributed by atoms with E-state index in [1.807, 2.05) is 60.7 Å². The smallest absolute Gasteiger partial charge is 0.335 e. The number of azide groups is 1. The fourth-order valence-corrected chi connectivity index (χ4v) is 5.78. The van der Waals surface area contributed by atoms with Crippen molar-refractivity contribution in [2.45, 2.75) is 89.2 Å². The van der Waals surface area contributed by atoms with Crippen molar-refractivity contribution in [3.8, 4) is 0 Å². The first-order valence-corrected chi connectivity index (χ1v) is 16.1. The zero-order chi connectivity index (χ0) is 36.0. The Balaban J connectivity index is 1.76. The Bertz CT molecular complexity index is 1460. The number of hydrogen-bond acceptors (Lipinski definition) is 13. The van der Waals surface area contributed by atoms with Crippen LogP contribution in [-0.2, 0) is 70.2 Å².